The summed E-state index contributed by atoms with van der Waals surface area (Å²) in [7, 11) is 0. The van der Waals surface area contributed by atoms with Gasteiger partial charge in [0.1, 0.15) is 5.69 Å². The first-order chi connectivity index (χ1) is 11.2. The Morgan fingerprint density at radius 2 is 1.26 bits per heavy atom. The van der Waals surface area contributed by atoms with E-state index in [1.165, 1.54) is 36.8 Å². The summed E-state index contributed by atoms with van der Waals surface area (Å²) in [6.07, 6.45) is 6.88. The van der Waals surface area contributed by atoms with Gasteiger partial charge >= 0.3 is 0 Å². The highest BCUT2D eigenvalue weighted by Gasteiger charge is 2.04. The summed E-state index contributed by atoms with van der Waals surface area (Å²) in [6.45, 7) is 4.37. The SMILES string of the molecule is CCCCc1ccc(N=[N+]([O-])c2ccc(CCCC)cc2)cc1. The zero-order valence-corrected chi connectivity index (χ0v) is 14.2. The van der Waals surface area contributed by atoms with Crippen molar-refractivity contribution in [3.8, 4) is 0 Å². The molecule has 3 heteroatoms. The summed E-state index contributed by atoms with van der Waals surface area (Å²) in [4.78, 5) is 0.699. The van der Waals surface area contributed by atoms with Crippen molar-refractivity contribution in [3.05, 3.63) is 64.9 Å². The van der Waals surface area contributed by atoms with Gasteiger partial charge in [-0.25, -0.2) is 0 Å². The van der Waals surface area contributed by atoms with Gasteiger partial charge in [-0.15, -0.1) is 0 Å². The van der Waals surface area contributed by atoms with Crippen LogP contribution in [0.4, 0.5) is 11.4 Å². The summed E-state index contributed by atoms with van der Waals surface area (Å²) >= 11 is 0. The third-order valence-corrected chi connectivity index (χ3v) is 3.94. The zero-order valence-electron chi connectivity index (χ0n) is 14.2. The van der Waals surface area contributed by atoms with Gasteiger partial charge in [0.25, 0.3) is 0 Å². The lowest BCUT2D eigenvalue weighted by molar-refractivity contribution is -0.435. The molecule has 0 aliphatic carbocycles. The van der Waals surface area contributed by atoms with E-state index in [0.717, 1.165) is 12.8 Å². The molecule has 0 spiro atoms. The second-order valence-electron chi connectivity index (χ2n) is 5.91. The molecule has 0 amide bonds. The van der Waals surface area contributed by atoms with Gasteiger partial charge in [-0.3, -0.25) is 0 Å². The van der Waals surface area contributed by atoms with Crippen LogP contribution in [0.25, 0.3) is 0 Å². The Hall–Kier alpha value is -2.16. The number of benzene rings is 2. The highest BCUT2D eigenvalue weighted by atomic mass is 16.5. The van der Waals surface area contributed by atoms with Crippen LogP contribution in [0.2, 0.25) is 0 Å². The van der Waals surface area contributed by atoms with E-state index in [9.17, 15) is 5.21 Å². The molecule has 0 aliphatic heterocycles. The molecule has 3 nitrogen and oxygen atoms in total. The van der Waals surface area contributed by atoms with E-state index in [2.05, 4.69) is 31.1 Å². The highest BCUT2D eigenvalue weighted by Crippen LogP contribution is 2.19. The summed E-state index contributed by atoms with van der Waals surface area (Å²) < 4.78 is 0. The van der Waals surface area contributed by atoms with Crippen molar-refractivity contribution < 1.29 is 4.86 Å². The van der Waals surface area contributed by atoms with Gasteiger partial charge in [-0.1, -0.05) is 55.8 Å². The van der Waals surface area contributed by atoms with Crippen molar-refractivity contribution in [1.82, 2.24) is 0 Å². The van der Waals surface area contributed by atoms with Gasteiger partial charge in [-0.2, -0.15) is 0 Å². The predicted octanol–water partition coefficient (Wildman–Crippen LogP) is 6.30. The summed E-state index contributed by atoms with van der Waals surface area (Å²) in [5.74, 6) is 0. The van der Waals surface area contributed by atoms with Gasteiger partial charge in [0.15, 0.2) is 0 Å². The van der Waals surface area contributed by atoms with E-state index < -0.39 is 0 Å². The fraction of sp³-hybridized carbons (Fsp3) is 0.400. The lowest BCUT2D eigenvalue weighted by Crippen LogP contribution is -1.92. The monoisotopic (exact) mass is 310 g/mol. The van der Waals surface area contributed by atoms with Crippen LogP contribution >= 0.6 is 0 Å². The normalized spacial score (nSPS) is 11.7. The van der Waals surface area contributed by atoms with E-state index in [1.807, 2.05) is 36.4 Å². The van der Waals surface area contributed by atoms with Crippen molar-refractivity contribution in [3.63, 3.8) is 0 Å². The summed E-state index contributed by atoms with van der Waals surface area (Å²) in [5.41, 5.74) is 3.82. The lowest BCUT2D eigenvalue weighted by Gasteiger charge is -2.03. The number of nitrogens with zero attached hydrogens (tertiary/aromatic N) is 2. The van der Waals surface area contributed by atoms with E-state index >= 15 is 0 Å². The molecule has 0 heterocycles. The van der Waals surface area contributed by atoms with Crippen LogP contribution in [0.1, 0.15) is 50.7 Å². The average Bonchev–Trinajstić information content (AvgIpc) is 2.59. The maximum atomic E-state index is 12.1. The molecule has 0 N–H and O–H groups in total. The van der Waals surface area contributed by atoms with Gasteiger partial charge in [0.05, 0.1) is 0 Å². The third-order valence-electron chi connectivity index (χ3n) is 3.94. The van der Waals surface area contributed by atoms with Gasteiger partial charge < -0.3 is 5.21 Å². The van der Waals surface area contributed by atoms with E-state index in [1.54, 1.807) is 0 Å². The van der Waals surface area contributed by atoms with Crippen LogP contribution in [0, 0.1) is 5.21 Å². The molecule has 2 rings (SSSR count). The standard InChI is InChI=1S/C20H26N2O/c1-3-5-7-17-9-13-19(14-10-17)21-22(23)20-15-11-18(12-16-20)8-6-4-2/h9-16H,3-8H2,1-2H3. The Labute approximate surface area is 139 Å². The Bertz CT molecular complexity index is 615. The molecule has 0 bridgehead atoms. The smallest absolute Gasteiger partial charge is 0.244 e. The Morgan fingerprint density at radius 3 is 1.74 bits per heavy atom. The number of hydrogen-bond acceptors (Lipinski definition) is 2. The highest BCUT2D eigenvalue weighted by molar-refractivity contribution is 5.38. The third kappa shape index (κ3) is 5.51. The molecule has 0 unspecified atom stereocenters. The first kappa shape index (κ1) is 17.2. The van der Waals surface area contributed by atoms with Crippen LogP contribution < -0.4 is 0 Å². The largest absolute Gasteiger partial charge is 0.594 e. The van der Waals surface area contributed by atoms with Crippen LogP contribution in [0.5, 0.6) is 0 Å². The summed E-state index contributed by atoms with van der Waals surface area (Å²) in [6, 6.07) is 15.6. The first-order valence-corrected chi connectivity index (χ1v) is 8.59. The van der Waals surface area contributed by atoms with Crippen LogP contribution in [0.15, 0.2) is 53.6 Å². The number of rotatable bonds is 8. The van der Waals surface area contributed by atoms with E-state index in [-0.39, 0.29) is 0 Å². The maximum Gasteiger partial charge on any atom is 0.244 e. The Kier molecular flexibility index (Phi) is 6.79. The molecule has 0 aromatic heterocycles. The fourth-order valence-corrected chi connectivity index (χ4v) is 2.44. The molecule has 2 aromatic carbocycles. The van der Waals surface area contributed by atoms with Crippen molar-refractivity contribution in [2.75, 3.05) is 0 Å². The predicted molar refractivity (Wildman–Crippen MR) is 95.5 cm³/mol. The van der Waals surface area contributed by atoms with Gasteiger partial charge in [0.2, 0.25) is 5.69 Å². The lowest BCUT2D eigenvalue weighted by atomic mass is 10.1. The maximum absolute atomic E-state index is 12.1. The van der Waals surface area contributed by atoms with Gasteiger partial charge in [0, 0.05) is 17.2 Å². The molecule has 0 saturated heterocycles. The van der Waals surface area contributed by atoms with Crippen LogP contribution in [-0.2, 0) is 12.8 Å². The fourth-order valence-electron chi connectivity index (χ4n) is 2.44. The summed E-state index contributed by atoms with van der Waals surface area (Å²) in [5, 5.41) is 16.3. The van der Waals surface area contributed by atoms with Crippen molar-refractivity contribution >= 4 is 11.4 Å². The molecular weight excluding hydrogens is 284 g/mol. The topological polar surface area (TPSA) is 38.4 Å². The number of hydrogen-bond donors (Lipinski definition) is 0. The van der Waals surface area contributed by atoms with E-state index in [0.29, 0.717) is 16.2 Å². The van der Waals surface area contributed by atoms with Gasteiger partial charge in [-0.05, 0) is 48.9 Å². The molecule has 2 aromatic rings. The van der Waals surface area contributed by atoms with Crippen LogP contribution in [0.3, 0.4) is 0 Å². The quantitative estimate of drug-likeness (QED) is 0.320. The number of azo groups is 1. The molecule has 0 radical (unpaired) electrons. The van der Waals surface area contributed by atoms with Crippen LogP contribution in [-0.4, -0.2) is 4.86 Å². The second kappa shape index (κ2) is 9.09. The zero-order chi connectivity index (χ0) is 16.5. The molecule has 23 heavy (non-hydrogen) atoms. The van der Waals surface area contributed by atoms with E-state index in [4.69, 9.17) is 0 Å². The number of unbranched alkanes of at least 4 members (excludes halogenated alkanes) is 2. The molecule has 122 valence electrons. The Balaban J connectivity index is 2.03. The average molecular weight is 310 g/mol. The Morgan fingerprint density at radius 1 is 0.783 bits per heavy atom. The first-order valence-electron chi connectivity index (χ1n) is 8.59. The van der Waals surface area contributed by atoms with Crippen molar-refractivity contribution in [2.24, 2.45) is 5.11 Å². The molecular formula is C20H26N2O. The molecule has 0 saturated carbocycles. The minimum atomic E-state index is 0.570. The molecule has 0 atom stereocenters. The second-order valence-corrected chi connectivity index (χ2v) is 5.91. The molecule has 0 fully saturated rings. The molecule has 0 aliphatic rings. The van der Waals surface area contributed by atoms with Crippen molar-refractivity contribution in [1.29, 1.82) is 0 Å². The minimum absolute atomic E-state index is 0.570. The minimum Gasteiger partial charge on any atom is -0.594 e. The van der Waals surface area contributed by atoms with Crippen molar-refractivity contribution in [2.45, 2.75) is 52.4 Å². The number of aryl methyl sites for hydroxylation is 2.